The summed E-state index contributed by atoms with van der Waals surface area (Å²) in [7, 11) is 0. The Balaban J connectivity index is 1.72. The first kappa shape index (κ1) is 26.6. The standard InChI is InChI=1S/C30H31N3O5/c1-4-5-6-7-12-27(31-37-21(2)34)26-20-33(28-13-9-8-11-25(26)28)24-17-15-23(16-18-24)30(32-38-22(3)35)29-14-10-19-36-29/h8-11,13-20H,4-7,12H2,1-3H3/b31-27+,32-30-. The number of furan rings is 1. The molecule has 4 rings (SSSR count). The summed E-state index contributed by atoms with van der Waals surface area (Å²) in [6.07, 6.45) is 8.61. The van der Waals surface area contributed by atoms with Crippen molar-refractivity contribution in [1.29, 1.82) is 0 Å². The van der Waals surface area contributed by atoms with Gasteiger partial charge in [0.1, 0.15) is 0 Å². The van der Waals surface area contributed by atoms with Crippen molar-refractivity contribution in [3.05, 3.63) is 90.0 Å². The van der Waals surface area contributed by atoms with Crippen LogP contribution >= 0.6 is 0 Å². The molecule has 38 heavy (non-hydrogen) atoms. The first-order chi connectivity index (χ1) is 18.5. The van der Waals surface area contributed by atoms with Gasteiger partial charge in [0.25, 0.3) is 0 Å². The molecule has 0 amide bonds. The second-order valence-electron chi connectivity index (χ2n) is 8.91. The number of hydrogen-bond acceptors (Lipinski definition) is 7. The van der Waals surface area contributed by atoms with E-state index in [9.17, 15) is 9.59 Å². The van der Waals surface area contributed by atoms with Gasteiger partial charge in [-0.3, -0.25) is 0 Å². The number of para-hydroxylation sites is 1. The number of hydrogen-bond donors (Lipinski definition) is 0. The predicted molar refractivity (Wildman–Crippen MR) is 146 cm³/mol. The maximum atomic E-state index is 11.5. The van der Waals surface area contributed by atoms with Gasteiger partial charge in [0.2, 0.25) is 0 Å². The first-order valence-corrected chi connectivity index (χ1v) is 12.7. The smallest absolute Gasteiger partial charge is 0.332 e. The van der Waals surface area contributed by atoms with Crippen LogP contribution in [-0.2, 0) is 19.3 Å². The summed E-state index contributed by atoms with van der Waals surface area (Å²) in [5.74, 6) is -0.474. The molecule has 196 valence electrons. The van der Waals surface area contributed by atoms with Crippen LogP contribution in [0.3, 0.4) is 0 Å². The molecule has 0 saturated heterocycles. The summed E-state index contributed by atoms with van der Waals surface area (Å²) >= 11 is 0. The number of carbonyl (C=O) groups is 2. The lowest BCUT2D eigenvalue weighted by Crippen LogP contribution is -2.05. The van der Waals surface area contributed by atoms with Gasteiger partial charge in [-0.2, -0.15) is 0 Å². The molecule has 0 bridgehead atoms. The maximum Gasteiger partial charge on any atom is 0.332 e. The molecule has 0 aliphatic rings. The number of unbranched alkanes of at least 4 members (excludes halogenated alkanes) is 3. The topological polar surface area (TPSA) is 95.4 Å². The largest absolute Gasteiger partial charge is 0.463 e. The second kappa shape index (κ2) is 12.7. The molecule has 8 nitrogen and oxygen atoms in total. The molecule has 0 N–H and O–H groups in total. The molecule has 0 unspecified atom stereocenters. The predicted octanol–water partition coefficient (Wildman–Crippen LogP) is 6.78. The fourth-order valence-corrected chi connectivity index (χ4v) is 4.23. The fraction of sp³-hybridized carbons (Fsp3) is 0.267. The molecule has 4 aromatic rings. The van der Waals surface area contributed by atoms with E-state index in [4.69, 9.17) is 14.1 Å². The monoisotopic (exact) mass is 513 g/mol. The quantitative estimate of drug-likeness (QED) is 0.0954. The number of rotatable bonds is 11. The van der Waals surface area contributed by atoms with Crippen LogP contribution in [0.2, 0.25) is 0 Å². The summed E-state index contributed by atoms with van der Waals surface area (Å²) in [6.45, 7) is 4.82. The molecule has 0 atom stereocenters. The van der Waals surface area contributed by atoms with Crippen molar-refractivity contribution in [2.24, 2.45) is 10.3 Å². The molecule has 0 aliphatic carbocycles. The fourth-order valence-electron chi connectivity index (χ4n) is 4.23. The van der Waals surface area contributed by atoms with E-state index in [2.05, 4.69) is 21.8 Å². The minimum atomic E-state index is -0.516. The van der Waals surface area contributed by atoms with Crippen LogP contribution in [-0.4, -0.2) is 27.9 Å². The van der Waals surface area contributed by atoms with Crippen LogP contribution < -0.4 is 0 Å². The van der Waals surface area contributed by atoms with Crippen molar-refractivity contribution >= 4 is 34.3 Å². The summed E-state index contributed by atoms with van der Waals surface area (Å²) in [6, 6.07) is 19.3. The van der Waals surface area contributed by atoms with Gasteiger partial charge in [0, 0.05) is 42.2 Å². The van der Waals surface area contributed by atoms with E-state index in [1.165, 1.54) is 20.1 Å². The van der Waals surface area contributed by atoms with Crippen LogP contribution in [0.1, 0.15) is 69.8 Å². The van der Waals surface area contributed by atoms with Gasteiger partial charge in [-0.15, -0.1) is 0 Å². The highest BCUT2D eigenvalue weighted by Gasteiger charge is 2.17. The Labute approximate surface area is 221 Å². The van der Waals surface area contributed by atoms with Gasteiger partial charge in [-0.05, 0) is 43.2 Å². The second-order valence-corrected chi connectivity index (χ2v) is 8.91. The molecular formula is C30H31N3O5. The Morgan fingerprint density at radius 1 is 0.868 bits per heavy atom. The number of benzene rings is 2. The van der Waals surface area contributed by atoms with Crippen LogP contribution in [0.4, 0.5) is 0 Å². The highest BCUT2D eigenvalue weighted by molar-refractivity contribution is 6.12. The zero-order valence-corrected chi connectivity index (χ0v) is 21.8. The summed E-state index contributed by atoms with van der Waals surface area (Å²) in [4.78, 5) is 32.9. The SMILES string of the molecule is CCCCCC/C(=N\OC(C)=O)c1cn(-c2ccc(/C(=N/OC(C)=O)c3ccco3)cc2)c2ccccc12. The highest BCUT2D eigenvalue weighted by atomic mass is 16.7. The molecule has 2 aromatic heterocycles. The van der Waals surface area contributed by atoms with Gasteiger partial charge < -0.3 is 18.7 Å². The number of nitrogens with zero attached hydrogens (tertiary/aromatic N) is 3. The lowest BCUT2D eigenvalue weighted by Gasteiger charge is -2.08. The molecular weight excluding hydrogens is 482 g/mol. The van der Waals surface area contributed by atoms with Crippen LogP contribution in [0.5, 0.6) is 0 Å². The van der Waals surface area contributed by atoms with E-state index in [1.807, 2.05) is 54.7 Å². The first-order valence-electron chi connectivity index (χ1n) is 12.7. The third-order valence-corrected chi connectivity index (χ3v) is 6.01. The molecule has 0 spiro atoms. The third kappa shape index (κ3) is 6.45. The molecule has 0 saturated carbocycles. The average Bonchev–Trinajstić information content (AvgIpc) is 3.58. The van der Waals surface area contributed by atoms with Crippen molar-refractivity contribution in [2.75, 3.05) is 0 Å². The van der Waals surface area contributed by atoms with Crippen LogP contribution in [0, 0.1) is 0 Å². The summed E-state index contributed by atoms with van der Waals surface area (Å²) in [5, 5.41) is 9.26. The Bertz CT molecular complexity index is 1450. The number of oxime groups is 2. The van der Waals surface area contributed by atoms with Gasteiger partial charge in [-0.1, -0.05) is 66.8 Å². The van der Waals surface area contributed by atoms with E-state index in [1.54, 1.807) is 12.1 Å². The van der Waals surface area contributed by atoms with Crippen molar-refractivity contribution in [3.8, 4) is 5.69 Å². The van der Waals surface area contributed by atoms with Crippen molar-refractivity contribution in [2.45, 2.75) is 52.9 Å². The zero-order chi connectivity index (χ0) is 26.9. The van der Waals surface area contributed by atoms with E-state index in [-0.39, 0.29) is 0 Å². The molecule has 0 fully saturated rings. The van der Waals surface area contributed by atoms with Gasteiger partial charge in [0.05, 0.1) is 17.5 Å². The maximum absolute atomic E-state index is 11.5. The average molecular weight is 514 g/mol. The minimum Gasteiger partial charge on any atom is -0.463 e. The van der Waals surface area contributed by atoms with Crippen molar-refractivity contribution < 1.29 is 23.7 Å². The zero-order valence-electron chi connectivity index (χ0n) is 21.8. The Kier molecular flexibility index (Phi) is 8.87. The number of fused-ring (bicyclic) bond motifs is 1. The van der Waals surface area contributed by atoms with Crippen LogP contribution in [0.15, 0.2) is 87.9 Å². The lowest BCUT2D eigenvalue weighted by atomic mass is 10.0. The van der Waals surface area contributed by atoms with E-state index >= 15 is 0 Å². The Morgan fingerprint density at radius 3 is 2.29 bits per heavy atom. The van der Waals surface area contributed by atoms with Gasteiger partial charge in [-0.25, -0.2) is 9.59 Å². The van der Waals surface area contributed by atoms with Crippen molar-refractivity contribution in [3.63, 3.8) is 0 Å². The van der Waals surface area contributed by atoms with Crippen LogP contribution in [0.25, 0.3) is 16.6 Å². The van der Waals surface area contributed by atoms with E-state index in [0.717, 1.165) is 59.1 Å². The molecule has 8 heteroatoms. The van der Waals surface area contributed by atoms with Gasteiger partial charge in [0.15, 0.2) is 11.5 Å². The Hall–Kier alpha value is -4.46. The minimum absolute atomic E-state index is 0.415. The molecule has 0 aliphatic heterocycles. The summed E-state index contributed by atoms with van der Waals surface area (Å²) in [5.41, 5.74) is 4.73. The number of aromatic nitrogens is 1. The summed E-state index contributed by atoms with van der Waals surface area (Å²) < 4.78 is 7.58. The molecule has 2 aromatic carbocycles. The third-order valence-electron chi connectivity index (χ3n) is 6.01. The number of carbonyl (C=O) groups excluding carboxylic acids is 2. The Morgan fingerprint density at radius 2 is 1.61 bits per heavy atom. The molecule has 0 radical (unpaired) electrons. The van der Waals surface area contributed by atoms with Gasteiger partial charge >= 0.3 is 11.9 Å². The van der Waals surface area contributed by atoms with E-state index < -0.39 is 11.9 Å². The molecule has 2 heterocycles. The van der Waals surface area contributed by atoms with Crippen molar-refractivity contribution in [1.82, 2.24) is 4.57 Å². The highest BCUT2D eigenvalue weighted by Crippen LogP contribution is 2.28. The lowest BCUT2D eigenvalue weighted by molar-refractivity contribution is -0.141. The normalized spacial score (nSPS) is 12.1. The van der Waals surface area contributed by atoms with E-state index in [0.29, 0.717) is 17.9 Å².